The molecule has 144 valence electrons. The van der Waals surface area contributed by atoms with Crippen LogP contribution in [-0.4, -0.2) is 60.5 Å². The van der Waals surface area contributed by atoms with E-state index in [0.717, 1.165) is 31.6 Å². The molecule has 1 aromatic carbocycles. The van der Waals surface area contributed by atoms with Gasteiger partial charge in [0.05, 0.1) is 16.1 Å². The molecule has 0 N–H and O–H groups in total. The number of rotatable bonds is 4. The summed E-state index contributed by atoms with van der Waals surface area (Å²) in [4.78, 5) is 5.26. The SMILES string of the molecule is CSC(C)(C)N1CCN(c2ccc(B3OC(C)(C)C(C)(C)O3)cc2)CC1. The summed E-state index contributed by atoms with van der Waals surface area (Å²) in [7, 11) is -0.284. The third-order valence-corrected chi connectivity index (χ3v) is 7.58. The molecule has 2 fully saturated rings. The number of nitrogens with zero attached hydrogens (tertiary/aromatic N) is 2. The van der Waals surface area contributed by atoms with Crippen molar-refractivity contribution in [2.45, 2.75) is 57.6 Å². The standard InChI is InChI=1S/C20H33BN2O2S/c1-18(2)19(3,4)25-21(24-18)16-8-10-17(11-9-16)22-12-14-23(15-13-22)20(5,6)26-7/h8-11H,12-15H2,1-7H3. The highest BCUT2D eigenvalue weighted by Crippen LogP contribution is 2.36. The van der Waals surface area contributed by atoms with E-state index in [9.17, 15) is 0 Å². The Bertz CT molecular complexity index is 609. The van der Waals surface area contributed by atoms with E-state index in [-0.39, 0.29) is 23.2 Å². The molecule has 26 heavy (non-hydrogen) atoms. The highest BCUT2D eigenvalue weighted by molar-refractivity contribution is 7.99. The highest BCUT2D eigenvalue weighted by Gasteiger charge is 2.51. The molecule has 3 rings (SSSR count). The van der Waals surface area contributed by atoms with Gasteiger partial charge in [-0.15, -0.1) is 11.8 Å². The van der Waals surface area contributed by atoms with Crippen LogP contribution >= 0.6 is 11.8 Å². The van der Waals surface area contributed by atoms with Crippen LogP contribution in [-0.2, 0) is 9.31 Å². The van der Waals surface area contributed by atoms with Crippen molar-refractivity contribution < 1.29 is 9.31 Å². The Hall–Kier alpha value is -0.685. The first-order chi connectivity index (χ1) is 12.1. The third-order valence-electron chi connectivity index (χ3n) is 6.32. The minimum Gasteiger partial charge on any atom is -0.399 e. The number of anilines is 1. The molecule has 4 nitrogen and oxygen atoms in total. The van der Waals surface area contributed by atoms with E-state index in [1.165, 1.54) is 5.69 Å². The first-order valence-electron chi connectivity index (χ1n) is 9.56. The van der Waals surface area contributed by atoms with Gasteiger partial charge in [-0.25, -0.2) is 0 Å². The van der Waals surface area contributed by atoms with Gasteiger partial charge in [-0.2, -0.15) is 0 Å². The van der Waals surface area contributed by atoms with E-state index in [4.69, 9.17) is 9.31 Å². The molecule has 0 radical (unpaired) electrons. The highest BCUT2D eigenvalue weighted by atomic mass is 32.2. The van der Waals surface area contributed by atoms with Crippen molar-refractivity contribution in [3.8, 4) is 0 Å². The van der Waals surface area contributed by atoms with Crippen LogP contribution in [0.25, 0.3) is 0 Å². The first kappa shape index (κ1) is 20.1. The minimum absolute atomic E-state index is 0.215. The van der Waals surface area contributed by atoms with Crippen molar-refractivity contribution in [2.24, 2.45) is 0 Å². The van der Waals surface area contributed by atoms with E-state index < -0.39 is 0 Å². The van der Waals surface area contributed by atoms with Crippen molar-refractivity contribution >= 4 is 30.0 Å². The zero-order chi connectivity index (χ0) is 19.2. The van der Waals surface area contributed by atoms with Crippen molar-refractivity contribution in [1.29, 1.82) is 0 Å². The van der Waals surface area contributed by atoms with Gasteiger partial charge in [0.2, 0.25) is 0 Å². The average molecular weight is 376 g/mol. The van der Waals surface area contributed by atoms with Gasteiger partial charge in [-0.3, -0.25) is 4.90 Å². The van der Waals surface area contributed by atoms with Gasteiger partial charge < -0.3 is 14.2 Å². The molecule has 0 unspecified atom stereocenters. The Morgan fingerprint density at radius 1 is 0.923 bits per heavy atom. The Labute approximate surface area is 163 Å². The molecule has 2 aliphatic rings. The second-order valence-corrected chi connectivity index (χ2v) is 10.2. The number of thioether (sulfide) groups is 1. The molecule has 0 bridgehead atoms. The molecule has 1 aromatic rings. The Balaban J connectivity index is 1.63. The summed E-state index contributed by atoms with van der Waals surface area (Å²) >= 11 is 1.93. The normalized spacial score (nSPS) is 23.5. The number of benzene rings is 1. The van der Waals surface area contributed by atoms with Crippen molar-refractivity contribution in [1.82, 2.24) is 4.90 Å². The van der Waals surface area contributed by atoms with Crippen LogP contribution in [0.5, 0.6) is 0 Å². The van der Waals surface area contributed by atoms with Crippen LogP contribution in [0.2, 0.25) is 0 Å². The van der Waals surface area contributed by atoms with Crippen LogP contribution in [0.15, 0.2) is 24.3 Å². The van der Waals surface area contributed by atoms with Gasteiger partial charge in [-0.1, -0.05) is 12.1 Å². The largest absolute Gasteiger partial charge is 0.494 e. The van der Waals surface area contributed by atoms with Crippen LogP contribution in [0.1, 0.15) is 41.5 Å². The van der Waals surface area contributed by atoms with Crippen LogP contribution in [0, 0.1) is 0 Å². The zero-order valence-electron chi connectivity index (χ0n) is 17.3. The number of piperazine rings is 1. The molecule has 0 spiro atoms. The third kappa shape index (κ3) is 3.79. The number of hydrogen-bond donors (Lipinski definition) is 0. The van der Waals surface area contributed by atoms with E-state index in [2.05, 4.69) is 81.9 Å². The quantitative estimate of drug-likeness (QED) is 0.752. The summed E-state index contributed by atoms with van der Waals surface area (Å²) < 4.78 is 12.3. The number of hydrogen-bond acceptors (Lipinski definition) is 5. The summed E-state index contributed by atoms with van der Waals surface area (Å²) in [6, 6.07) is 8.71. The van der Waals surface area contributed by atoms with Gasteiger partial charge in [-0.05, 0) is 65.4 Å². The lowest BCUT2D eigenvalue weighted by Crippen LogP contribution is -2.53. The minimum atomic E-state index is -0.295. The van der Waals surface area contributed by atoms with Crippen LogP contribution in [0.3, 0.4) is 0 Å². The first-order valence-corrected chi connectivity index (χ1v) is 10.8. The van der Waals surface area contributed by atoms with Crippen LogP contribution in [0.4, 0.5) is 5.69 Å². The molecule has 0 aromatic heterocycles. The van der Waals surface area contributed by atoms with E-state index in [1.54, 1.807) is 0 Å². The summed E-state index contributed by atoms with van der Waals surface area (Å²) in [5, 5.41) is 0. The molecule has 6 heteroatoms. The van der Waals surface area contributed by atoms with Crippen LogP contribution < -0.4 is 10.4 Å². The lowest BCUT2D eigenvalue weighted by atomic mass is 9.79. The summed E-state index contributed by atoms with van der Waals surface area (Å²) in [5.74, 6) is 0. The van der Waals surface area contributed by atoms with Crippen molar-refractivity contribution in [2.75, 3.05) is 37.3 Å². The lowest BCUT2D eigenvalue weighted by molar-refractivity contribution is 0.00578. The Morgan fingerprint density at radius 3 is 1.88 bits per heavy atom. The molecule has 0 saturated carbocycles. The molecule has 2 heterocycles. The molecule has 0 aliphatic carbocycles. The molecule has 0 amide bonds. The van der Waals surface area contributed by atoms with Crippen molar-refractivity contribution in [3.63, 3.8) is 0 Å². The van der Waals surface area contributed by atoms with Gasteiger partial charge in [0.1, 0.15) is 0 Å². The molecular formula is C20H33BN2O2S. The summed E-state index contributed by atoms with van der Waals surface area (Å²) in [5.41, 5.74) is 1.79. The maximum Gasteiger partial charge on any atom is 0.494 e. The predicted octanol–water partition coefficient (Wildman–Crippen LogP) is 3.21. The summed E-state index contributed by atoms with van der Waals surface area (Å²) in [6.45, 7) is 17.3. The van der Waals surface area contributed by atoms with E-state index >= 15 is 0 Å². The fourth-order valence-electron chi connectivity index (χ4n) is 3.45. The van der Waals surface area contributed by atoms with Crippen molar-refractivity contribution in [3.05, 3.63) is 24.3 Å². The maximum absolute atomic E-state index is 6.15. The van der Waals surface area contributed by atoms with E-state index in [1.807, 2.05) is 11.8 Å². The second kappa shape index (κ2) is 7.04. The predicted molar refractivity (Wildman–Crippen MR) is 114 cm³/mol. The lowest BCUT2D eigenvalue weighted by Gasteiger charge is -2.43. The van der Waals surface area contributed by atoms with Gasteiger partial charge in [0.25, 0.3) is 0 Å². The molecule has 2 saturated heterocycles. The van der Waals surface area contributed by atoms with Gasteiger partial charge in [0.15, 0.2) is 0 Å². The maximum atomic E-state index is 6.15. The van der Waals surface area contributed by atoms with Gasteiger partial charge in [0, 0.05) is 31.9 Å². The smallest absolute Gasteiger partial charge is 0.399 e. The fraction of sp³-hybridized carbons (Fsp3) is 0.700. The monoisotopic (exact) mass is 376 g/mol. The molecular weight excluding hydrogens is 343 g/mol. The fourth-order valence-corrected chi connectivity index (χ4v) is 3.89. The molecule has 2 aliphatic heterocycles. The second-order valence-electron chi connectivity index (χ2n) is 8.80. The topological polar surface area (TPSA) is 24.9 Å². The average Bonchev–Trinajstić information content (AvgIpc) is 2.83. The zero-order valence-corrected chi connectivity index (χ0v) is 18.2. The Kier molecular flexibility index (Phi) is 5.44. The summed E-state index contributed by atoms with van der Waals surface area (Å²) in [6.07, 6.45) is 2.20. The Morgan fingerprint density at radius 2 is 1.42 bits per heavy atom. The van der Waals surface area contributed by atoms with E-state index in [0.29, 0.717) is 0 Å². The molecule has 0 atom stereocenters. The van der Waals surface area contributed by atoms with Gasteiger partial charge >= 0.3 is 7.12 Å².